The Balaban J connectivity index is 1.35. The van der Waals surface area contributed by atoms with E-state index in [-0.39, 0.29) is 29.8 Å². The number of hydrogen-bond acceptors (Lipinski definition) is 8. The van der Waals surface area contributed by atoms with Crippen molar-refractivity contribution in [2.24, 2.45) is 0 Å². The number of likely N-dealkylation sites (N-methyl/N-ethyl adjacent to an activating group) is 1. The smallest absolute Gasteiger partial charge is 0.335 e. The third-order valence-electron chi connectivity index (χ3n) is 6.61. The summed E-state index contributed by atoms with van der Waals surface area (Å²) in [6.07, 6.45) is 2.27. The van der Waals surface area contributed by atoms with Gasteiger partial charge in [0.1, 0.15) is 6.04 Å². The number of carbonyl (C=O) groups is 3. The van der Waals surface area contributed by atoms with Crippen LogP contribution in [-0.4, -0.2) is 75.6 Å². The average molecular weight is 439 g/mol. The van der Waals surface area contributed by atoms with Crippen molar-refractivity contribution in [3.63, 3.8) is 0 Å². The predicted octanol–water partition coefficient (Wildman–Crippen LogP) is 1.57. The lowest BCUT2D eigenvalue weighted by Crippen LogP contribution is -2.52. The number of imide groups is 1. The summed E-state index contributed by atoms with van der Waals surface area (Å²) < 4.78 is 5.53. The molecule has 32 heavy (non-hydrogen) atoms. The Morgan fingerprint density at radius 1 is 1.19 bits per heavy atom. The van der Waals surface area contributed by atoms with Crippen LogP contribution >= 0.6 is 0 Å². The first-order valence-corrected chi connectivity index (χ1v) is 10.8. The number of aromatic carboxylic acids is 1. The predicted molar refractivity (Wildman–Crippen MR) is 112 cm³/mol. The largest absolute Gasteiger partial charge is 0.478 e. The van der Waals surface area contributed by atoms with Crippen molar-refractivity contribution < 1.29 is 24.0 Å². The molecular formula is C22H25N5O5. The van der Waals surface area contributed by atoms with Gasteiger partial charge in [-0.3, -0.25) is 19.4 Å². The zero-order valence-electron chi connectivity index (χ0n) is 18.0. The normalized spacial score (nSPS) is 25.0. The quantitative estimate of drug-likeness (QED) is 0.692. The molecule has 1 aliphatic carbocycles. The van der Waals surface area contributed by atoms with E-state index in [1.807, 2.05) is 11.9 Å². The fourth-order valence-corrected chi connectivity index (χ4v) is 4.53. The number of carboxylic acid groups (broad SMARTS) is 1. The van der Waals surface area contributed by atoms with Crippen LogP contribution in [-0.2, 0) is 9.59 Å². The number of amides is 2. The molecule has 10 heteroatoms. The van der Waals surface area contributed by atoms with Gasteiger partial charge in [0.2, 0.25) is 11.8 Å². The third-order valence-corrected chi connectivity index (χ3v) is 6.61. The zero-order chi connectivity index (χ0) is 22.6. The number of rotatable bonds is 5. The molecule has 3 aliphatic rings. The molecule has 3 fully saturated rings. The van der Waals surface area contributed by atoms with Crippen LogP contribution in [0.3, 0.4) is 0 Å². The van der Waals surface area contributed by atoms with Crippen LogP contribution in [0.5, 0.6) is 0 Å². The third kappa shape index (κ3) is 3.59. The van der Waals surface area contributed by atoms with Crippen molar-refractivity contribution in [3.05, 3.63) is 41.0 Å². The van der Waals surface area contributed by atoms with Gasteiger partial charge in [0.05, 0.1) is 23.7 Å². The van der Waals surface area contributed by atoms with Crippen molar-refractivity contribution in [1.82, 2.24) is 19.9 Å². The van der Waals surface area contributed by atoms with Crippen molar-refractivity contribution in [2.75, 3.05) is 31.6 Å². The van der Waals surface area contributed by atoms with Gasteiger partial charge in [0.15, 0.2) is 5.82 Å². The zero-order valence-corrected chi connectivity index (χ0v) is 18.0. The molecule has 0 bridgehead atoms. The van der Waals surface area contributed by atoms with Crippen LogP contribution in [0, 0.1) is 6.92 Å². The van der Waals surface area contributed by atoms with Gasteiger partial charge in [0.25, 0.3) is 5.91 Å². The average Bonchev–Trinajstić information content (AvgIpc) is 3.42. The van der Waals surface area contributed by atoms with Gasteiger partial charge in [-0.05, 0) is 50.6 Å². The highest BCUT2D eigenvalue weighted by atomic mass is 16.5. The van der Waals surface area contributed by atoms with E-state index in [4.69, 9.17) is 4.52 Å². The van der Waals surface area contributed by atoms with Crippen LogP contribution in [0.2, 0.25) is 0 Å². The number of piperazine rings is 1. The first kappa shape index (κ1) is 20.8. The lowest BCUT2D eigenvalue weighted by Gasteiger charge is -2.39. The number of nitrogens with zero attached hydrogens (tertiary/aromatic N) is 5. The molecule has 1 aromatic carbocycles. The second-order valence-electron chi connectivity index (χ2n) is 8.85. The van der Waals surface area contributed by atoms with E-state index in [9.17, 15) is 19.5 Å². The minimum atomic E-state index is -1.05. The van der Waals surface area contributed by atoms with Gasteiger partial charge < -0.3 is 9.63 Å². The Morgan fingerprint density at radius 3 is 2.66 bits per heavy atom. The number of benzene rings is 1. The highest BCUT2D eigenvalue weighted by molar-refractivity contribution is 6.22. The molecule has 2 unspecified atom stereocenters. The van der Waals surface area contributed by atoms with E-state index < -0.39 is 12.0 Å². The van der Waals surface area contributed by atoms with Gasteiger partial charge in [0, 0.05) is 25.6 Å². The van der Waals surface area contributed by atoms with Crippen LogP contribution in [0.1, 0.15) is 58.9 Å². The van der Waals surface area contributed by atoms with Gasteiger partial charge in [-0.25, -0.2) is 9.69 Å². The van der Waals surface area contributed by atoms with Crippen LogP contribution in [0.4, 0.5) is 5.69 Å². The molecule has 5 rings (SSSR count). The van der Waals surface area contributed by atoms with E-state index >= 15 is 0 Å². The SMILES string of the molecule is Cc1cc(C(=O)O)ccc1N1C(=O)CC(N2CCN(C)C(c3nc(C4CC4)no3)C2)C1=O. The minimum absolute atomic E-state index is 0.0898. The topological polar surface area (TPSA) is 120 Å². The van der Waals surface area contributed by atoms with Gasteiger partial charge in [-0.1, -0.05) is 5.16 Å². The molecule has 1 aromatic heterocycles. The Bertz CT molecular complexity index is 1090. The maximum atomic E-state index is 13.3. The highest BCUT2D eigenvalue weighted by Crippen LogP contribution is 2.39. The summed E-state index contributed by atoms with van der Waals surface area (Å²) in [6.45, 7) is 3.56. The summed E-state index contributed by atoms with van der Waals surface area (Å²) in [6, 6.07) is 3.71. The fraction of sp³-hybridized carbons (Fsp3) is 0.500. The summed E-state index contributed by atoms with van der Waals surface area (Å²) in [7, 11) is 1.99. The van der Waals surface area contributed by atoms with Crippen LogP contribution < -0.4 is 4.90 Å². The molecule has 0 spiro atoms. The summed E-state index contributed by atoms with van der Waals surface area (Å²) in [5, 5.41) is 13.3. The van der Waals surface area contributed by atoms with Crippen molar-refractivity contribution in [3.8, 4) is 0 Å². The monoisotopic (exact) mass is 439 g/mol. The van der Waals surface area contributed by atoms with Crippen molar-refractivity contribution >= 4 is 23.5 Å². The first-order chi connectivity index (χ1) is 15.3. The standard InChI is InChI=1S/C22H25N5O5/c1-12-9-14(22(30)31)5-6-15(12)27-18(28)10-16(21(27)29)26-8-7-25(2)17(11-26)20-23-19(24-32-20)13-3-4-13/h5-6,9,13,16-17H,3-4,7-8,10-11H2,1-2H3,(H,30,31). The molecule has 168 valence electrons. The van der Waals surface area contributed by atoms with Crippen molar-refractivity contribution in [2.45, 2.75) is 44.2 Å². The maximum absolute atomic E-state index is 13.3. The van der Waals surface area contributed by atoms with E-state index in [0.717, 1.165) is 18.7 Å². The van der Waals surface area contributed by atoms with Crippen LogP contribution in [0.25, 0.3) is 0 Å². The van der Waals surface area contributed by atoms with Crippen molar-refractivity contribution in [1.29, 1.82) is 0 Å². The number of hydrogen-bond donors (Lipinski definition) is 1. The Labute approximate surface area is 184 Å². The number of aryl methyl sites for hydroxylation is 1. The summed E-state index contributed by atoms with van der Waals surface area (Å²) >= 11 is 0. The summed E-state index contributed by atoms with van der Waals surface area (Å²) in [5.41, 5.74) is 1.13. The second kappa shape index (κ2) is 7.79. The number of carboxylic acids is 1. The fourth-order valence-electron chi connectivity index (χ4n) is 4.53. The number of anilines is 1. The Kier molecular flexibility index (Phi) is 5.06. The molecule has 3 heterocycles. The molecule has 2 aliphatic heterocycles. The van der Waals surface area contributed by atoms with E-state index in [2.05, 4.69) is 15.0 Å². The molecule has 10 nitrogen and oxygen atoms in total. The van der Waals surface area contributed by atoms with E-state index in [1.54, 1.807) is 6.92 Å². The molecule has 2 amide bonds. The van der Waals surface area contributed by atoms with Gasteiger partial charge in [-0.15, -0.1) is 0 Å². The maximum Gasteiger partial charge on any atom is 0.335 e. The molecule has 1 saturated carbocycles. The number of carbonyl (C=O) groups excluding carboxylic acids is 2. The summed E-state index contributed by atoms with van der Waals surface area (Å²) in [4.78, 5) is 47.3. The van der Waals surface area contributed by atoms with Crippen LogP contribution in [0.15, 0.2) is 22.7 Å². The molecule has 2 saturated heterocycles. The van der Waals surface area contributed by atoms with E-state index in [0.29, 0.717) is 42.7 Å². The van der Waals surface area contributed by atoms with E-state index in [1.165, 1.54) is 23.1 Å². The lowest BCUT2D eigenvalue weighted by molar-refractivity contribution is -0.123. The molecule has 1 N–H and O–H groups in total. The Hall–Kier alpha value is -3.11. The van der Waals surface area contributed by atoms with Gasteiger partial charge in [-0.2, -0.15) is 4.98 Å². The summed E-state index contributed by atoms with van der Waals surface area (Å²) in [5.74, 6) is 0.0860. The minimum Gasteiger partial charge on any atom is -0.478 e. The number of aromatic nitrogens is 2. The molecule has 2 aromatic rings. The first-order valence-electron chi connectivity index (χ1n) is 10.8. The second-order valence-corrected chi connectivity index (χ2v) is 8.85. The lowest BCUT2D eigenvalue weighted by atomic mass is 10.1. The molecule has 0 radical (unpaired) electrons. The molecule has 2 atom stereocenters. The Morgan fingerprint density at radius 2 is 1.97 bits per heavy atom. The highest BCUT2D eigenvalue weighted by Gasteiger charge is 2.45. The van der Waals surface area contributed by atoms with Gasteiger partial charge >= 0.3 is 5.97 Å². The molecular weight excluding hydrogens is 414 g/mol.